The first-order chi connectivity index (χ1) is 10.2. The molecule has 116 valence electrons. The summed E-state index contributed by atoms with van der Waals surface area (Å²) in [6.07, 6.45) is 0. The smallest absolute Gasteiger partial charge is 0.294 e. The highest BCUT2D eigenvalue weighted by atomic mass is 32.2. The summed E-state index contributed by atoms with van der Waals surface area (Å²) in [5.41, 5.74) is 3.16. The van der Waals surface area contributed by atoms with Crippen LogP contribution in [0.2, 0.25) is 0 Å². The lowest BCUT2D eigenvalue weighted by molar-refractivity contribution is 0.102. The minimum Gasteiger partial charge on any atom is -0.322 e. The molecule has 2 rings (SSSR count). The van der Waals surface area contributed by atoms with Crippen molar-refractivity contribution in [2.24, 2.45) is 0 Å². The highest BCUT2D eigenvalue weighted by molar-refractivity contribution is 7.85. The third-order valence-corrected chi connectivity index (χ3v) is 4.43. The maximum Gasteiger partial charge on any atom is 0.294 e. The molecule has 0 aliphatic heterocycles. The molecule has 0 saturated carbocycles. The standard InChI is InChI=1S/C16H17NO4S/c1-10-5-4-6-11(2)15(10)16(18)17-13-7-8-14(12(3)9-13)22(19,20)21/h4-9H,1-3H3,(H,17,18)(H,19,20,21). The van der Waals surface area contributed by atoms with Crippen molar-refractivity contribution in [2.45, 2.75) is 25.7 Å². The molecule has 5 nitrogen and oxygen atoms in total. The summed E-state index contributed by atoms with van der Waals surface area (Å²) < 4.78 is 31.4. The molecule has 0 saturated heterocycles. The van der Waals surface area contributed by atoms with Crippen molar-refractivity contribution in [3.05, 3.63) is 58.7 Å². The van der Waals surface area contributed by atoms with E-state index in [1.807, 2.05) is 32.0 Å². The fourth-order valence-corrected chi connectivity index (χ4v) is 3.09. The zero-order valence-corrected chi connectivity index (χ0v) is 13.4. The molecule has 22 heavy (non-hydrogen) atoms. The predicted octanol–water partition coefficient (Wildman–Crippen LogP) is 3.11. The Morgan fingerprint density at radius 3 is 2.09 bits per heavy atom. The van der Waals surface area contributed by atoms with Crippen LogP contribution in [0.25, 0.3) is 0 Å². The van der Waals surface area contributed by atoms with Crippen LogP contribution in [0.5, 0.6) is 0 Å². The first kappa shape index (κ1) is 16.2. The van der Waals surface area contributed by atoms with Crippen molar-refractivity contribution in [1.29, 1.82) is 0 Å². The van der Waals surface area contributed by atoms with E-state index >= 15 is 0 Å². The molecule has 0 atom stereocenters. The van der Waals surface area contributed by atoms with Crippen molar-refractivity contribution in [3.8, 4) is 0 Å². The third-order valence-electron chi connectivity index (χ3n) is 3.42. The fraction of sp³-hybridized carbons (Fsp3) is 0.188. The molecule has 0 aliphatic carbocycles. The first-order valence-electron chi connectivity index (χ1n) is 6.66. The number of aryl methyl sites for hydroxylation is 3. The van der Waals surface area contributed by atoms with Crippen LogP contribution in [0, 0.1) is 20.8 Å². The summed E-state index contributed by atoms with van der Waals surface area (Å²) in [5, 5.41) is 2.74. The van der Waals surface area contributed by atoms with Gasteiger partial charge in [-0.2, -0.15) is 8.42 Å². The Morgan fingerprint density at radius 1 is 1.00 bits per heavy atom. The van der Waals surface area contributed by atoms with E-state index in [-0.39, 0.29) is 10.8 Å². The van der Waals surface area contributed by atoms with Crippen LogP contribution < -0.4 is 5.32 Å². The lowest BCUT2D eigenvalue weighted by atomic mass is 10.0. The van der Waals surface area contributed by atoms with Gasteiger partial charge in [0, 0.05) is 11.3 Å². The largest absolute Gasteiger partial charge is 0.322 e. The van der Waals surface area contributed by atoms with Crippen LogP contribution >= 0.6 is 0 Å². The molecule has 0 unspecified atom stereocenters. The van der Waals surface area contributed by atoms with Gasteiger partial charge in [0.2, 0.25) is 0 Å². The van der Waals surface area contributed by atoms with Crippen LogP contribution in [0.4, 0.5) is 5.69 Å². The monoisotopic (exact) mass is 319 g/mol. The van der Waals surface area contributed by atoms with E-state index in [9.17, 15) is 13.2 Å². The molecular weight excluding hydrogens is 302 g/mol. The number of benzene rings is 2. The van der Waals surface area contributed by atoms with Crippen molar-refractivity contribution >= 4 is 21.7 Å². The Kier molecular flexibility index (Phi) is 4.35. The fourth-order valence-electron chi connectivity index (χ4n) is 2.38. The Hall–Kier alpha value is -2.18. The molecule has 0 aromatic heterocycles. The van der Waals surface area contributed by atoms with Gasteiger partial charge in [-0.25, -0.2) is 0 Å². The van der Waals surface area contributed by atoms with Crippen LogP contribution in [-0.4, -0.2) is 18.9 Å². The van der Waals surface area contributed by atoms with Gasteiger partial charge in [-0.3, -0.25) is 9.35 Å². The van der Waals surface area contributed by atoms with Gasteiger partial charge in [-0.15, -0.1) is 0 Å². The van der Waals surface area contributed by atoms with E-state index < -0.39 is 10.1 Å². The normalized spacial score (nSPS) is 11.3. The molecule has 2 aromatic rings. The maximum absolute atomic E-state index is 12.4. The van der Waals surface area contributed by atoms with E-state index in [0.29, 0.717) is 16.8 Å². The molecule has 2 aromatic carbocycles. The molecule has 2 N–H and O–H groups in total. The quantitative estimate of drug-likeness (QED) is 0.851. The van der Waals surface area contributed by atoms with Crippen LogP contribution in [0.3, 0.4) is 0 Å². The molecule has 0 spiro atoms. The molecule has 0 fully saturated rings. The van der Waals surface area contributed by atoms with E-state index in [1.54, 1.807) is 6.92 Å². The van der Waals surface area contributed by atoms with Crippen LogP contribution in [0.15, 0.2) is 41.3 Å². The lowest BCUT2D eigenvalue weighted by Gasteiger charge is -2.11. The number of nitrogens with one attached hydrogen (secondary N) is 1. The molecule has 0 heterocycles. The molecule has 6 heteroatoms. The third kappa shape index (κ3) is 3.35. The van der Waals surface area contributed by atoms with Gasteiger partial charge < -0.3 is 5.32 Å². The molecule has 1 amide bonds. The average molecular weight is 319 g/mol. The summed E-state index contributed by atoms with van der Waals surface area (Å²) in [6.45, 7) is 5.26. The zero-order valence-electron chi connectivity index (χ0n) is 12.5. The van der Waals surface area contributed by atoms with E-state index in [0.717, 1.165) is 11.1 Å². The Morgan fingerprint density at radius 2 is 1.59 bits per heavy atom. The Labute approximate surface area is 129 Å². The number of rotatable bonds is 3. The molecular formula is C16H17NO4S. The number of amides is 1. The Balaban J connectivity index is 2.32. The Bertz CT molecular complexity index is 821. The van der Waals surface area contributed by atoms with Gasteiger partial charge in [0.1, 0.15) is 0 Å². The topological polar surface area (TPSA) is 83.5 Å². The minimum atomic E-state index is -4.26. The molecule has 0 bridgehead atoms. The highest BCUT2D eigenvalue weighted by Gasteiger charge is 2.15. The van der Waals surface area contributed by atoms with Crippen molar-refractivity contribution in [3.63, 3.8) is 0 Å². The van der Waals surface area contributed by atoms with E-state index in [4.69, 9.17) is 4.55 Å². The van der Waals surface area contributed by atoms with Gasteiger partial charge >= 0.3 is 0 Å². The second-order valence-corrected chi connectivity index (χ2v) is 6.57. The summed E-state index contributed by atoms with van der Waals surface area (Å²) >= 11 is 0. The van der Waals surface area contributed by atoms with Crippen molar-refractivity contribution in [1.82, 2.24) is 0 Å². The summed E-state index contributed by atoms with van der Waals surface area (Å²) in [4.78, 5) is 12.2. The van der Waals surface area contributed by atoms with Crippen LogP contribution in [-0.2, 0) is 10.1 Å². The molecule has 0 radical (unpaired) electrons. The summed E-state index contributed by atoms with van der Waals surface area (Å²) in [5.74, 6) is -0.255. The number of carbonyl (C=O) groups is 1. The second-order valence-electron chi connectivity index (χ2n) is 5.18. The number of hydrogen-bond donors (Lipinski definition) is 2. The maximum atomic E-state index is 12.4. The molecule has 0 aliphatic rings. The predicted molar refractivity (Wildman–Crippen MR) is 84.9 cm³/mol. The SMILES string of the molecule is Cc1cc(NC(=O)c2c(C)cccc2C)ccc1S(=O)(=O)O. The summed E-state index contributed by atoms with van der Waals surface area (Å²) in [7, 11) is -4.26. The summed E-state index contributed by atoms with van der Waals surface area (Å²) in [6, 6.07) is 9.82. The second kappa shape index (κ2) is 5.90. The zero-order chi connectivity index (χ0) is 16.5. The minimum absolute atomic E-state index is 0.169. The van der Waals surface area contributed by atoms with Gasteiger partial charge in [-0.1, -0.05) is 18.2 Å². The highest BCUT2D eigenvalue weighted by Crippen LogP contribution is 2.21. The van der Waals surface area contributed by atoms with Crippen LogP contribution in [0.1, 0.15) is 27.0 Å². The average Bonchev–Trinajstić information content (AvgIpc) is 2.36. The van der Waals surface area contributed by atoms with E-state index in [1.165, 1.54) is 18.2 Å². The number of hydrogen-bond acceptors (Lipinski definition) is 3. The van der Waals surface area contributed by atoms with Gasteiger partial charge in [0.05, 0.1) is 4.90 Å². The van der Waals surface area contributed by atoms with Gasteiger partial charge in [0.15, 0.2) is 0 Å². The van der Waals surface area contributed by atoms with Gasteiger partial charge in [-0.05, 0) is 55.7 Å². The lowest BCUT2D eigenvalue weighted by Crippen LogP contribution is -2.15. The first-order valence-corrected chi connectivity index (χ1v) is 8.10. The number of anilines is 1. The van der Waals surface area contributed by atoms with Crippen molar-refractivity contribution in [2.75, 3.05) is 5.32 Å². The van der Waals surface area contributed by atoms with Crippen molar-refractivity contribution < 1.29 is 17.8 Å². The van der Waals surface area contributed by atoms with E-state index in [2.05, 4.69) is 5.32 Å². The van der Waals surface area contributed by atoms with Gasteiger partial charge in [0.25, 0.3) is 16.0 Å². The number of carbonyl (C=O) groups excluding carboxylic acids is 1.